The van der Waals surface area contributed by atoms with Crippen LogP contribution in [0.5, 0.6) is 0 Å². The molecule has 0 bridgehead atoms. The first-order valence-corrected chi connectivity index (χ1v) is 9.95. The number of hydrogen-bond acceptors (Lipinski definition) is 4. The van der Waals surface area contributed by atoms with Crippen molar-refractivity contribution in [3.05, 3.63) is 0 Å². The van der Waals surface area contributed by atoms with Gasteiger partial charge in [0.15, 0.2) is 0 Å². The Kier molecular flexibility index (Phi) is 5.49. The maximum Gasteiger partial charge on any atom is 0.0618 e. The Balaban J connectivity index is 1.90. The van der Waals surface area contributed by atoms with Gasteiger partial charge in [0.2, 0.25) is 0 Å². The Morgan fingerprint density at radius 3 is 1.80 bits per heavy atom. The van der Waals surface area contributed by atoms with E-state index in [2.05, 4.69) is 37.5 Å². The van der Waals surface area contributed by atoms with E-state index in [1.165, 1.54) is 0 Å². The molecule has 0 radical (unpaired) electrons. The minimum absolute atomic E-state index is 0.336. The highest BCUT2D eigenvalue weighted by atomic mass is 32.2. The molecule has 0 saturated carbocycles. The number of piperidine rings is 1. The lowest BCUT2D eigenvalue weighted by Gasteiger charge is -2.35. The van der Waals surface area contributed by atoms with E-state index < -0.39 is 9.73 Å². The SMILES string of the molecule is CC(C)N1CCC(N=S2(=O)CCN(C(C)C)CC2)CC1. The maximum atomic E-state index is 12.9. The maximum absolute atomic E-state index is 12.9. The molecule has 2 saturated heterocycles. The van der Waals surface area contributed by atoms with E-state index in [1.54, 1.807) is 0 Å². The van der Waals surface area contributed by atoms with Crippen molar-refractivity contribution >= 4 is 9.73 Å². The molecule has 2 heterocycles. The molecule has 0 aromatic heterocycles. The summed E-state index contributed by atoms with van der Waals surface area (Å²) in [4.78, 5) is 4.92. The van der Waals surface area contributed by atoms with Crippen LogP contribution in [0.3, 0.4) is 0 Å². The Bertz CT molecular complexity index is 405. The van der Waals surface area contributed by atoms with E-state index in [0.717, 1.165) is 50.5 Å². The van der Waals surface area contributed by atoms with Gasteiger partial charge in [-0.2, -0.15) is 0 Å². The summed E-state index contributed by atoms with van der Waals surface area (Å²) < 4.78 is 17.6. The van der Waals surface area contributed by atoms with Crippen molar-refractivity contribution in [2.45, 2.75) is 58.7 Å². The van der Waals surface area contributed by atoms with Gasteiger partial charge in [-0.05, 0) is 40.5 Å². The molecule has 4 nitrogen and oxygen atoms in total. The smallest absolute Gasteiger partial charge is 0.0618 e. The zero-order valence-corrected chi connectivity index (χ0v) is 14.4. The van der Waals surface area contributed by atoms with E-state index >= 15 is 0 Å². The van der Waals surface area contributed by atoms with Crippen molar-refractivity contribution < 1.29 is 4.21 Å². The van der Waals surface area contributed by atoms with Crippen molar-refractivity contribution in [1.29, 1.82) is 0 Å². The molecule has 0 aromatic rings. The van der Waals surface area contributed by atoms with Crippen LogP contribution in [0, 0.1) is 0 Å². The molecule has 2 rings (SSSR count). The zero-order valence-electron chi connectivity index (χ0n) is 13.5. The molecule has 118 valence electrons. The standard InChI is InChI=1S/C15H31N3OS/c1-13(2)17-7-5-15(6-8-17)16-20(19)11-9-18(10-12-20)14(3)4/h13-15H,5-12H2,1-4H3. The molecule has 2 fully saturated rings. The summed E-state index contributed by atoms with van der Waals surface area (Å²) in [6.45, 7) is 13.0. The summed E-state index contributed by atoms with van der Waals surface area (Å²) in [6.07, 6.45) is 2.17. The van der Waals surface area contributed by atoms with E-state index in [0.29, 0.717) is 18.1 Å². The molecule has 5 heteroatoms. The Labute approximate surface area is 125 Å². The third kappa shape index (κ3) is 4.18. The molecule has 0 aliphatic carbocycles. The van der Waals surface area contributed by atoms with Gasteiger partial charge < -0.3 is 4.90 Å². The van der Waals surface area contributed by atoms with E-state index in [-0.39, 0.29) is 0 Å². The Morgan fingerprint density at radius 2 is 1.35 bits per heavy atom. The second-order valence-electron chi connectivity index (χ2n) is 6.78. The topological polar surface area (TPSA) is 35.9 Å². The highest BCUT2D eigenvalue weighted by molar-refractivity contribution is 7.93. The fourth-order valence-corrected chi connectivity index (χ4v) is 5.34. The Hall–Kier alpha value is -0.130. The monoisotopic (exact) mass is 301 g/mol. The van der Waals surface area contributed by atoms with E-state index in [4.69, 9.17) is 4.36 Å². The van der Waals surface area contributed by atoms with Crippen molar-refractivity contribution in [3.63, 3.8) is 0 Å². The molecule has 0 unspecified atom stereocenters. The quantitative estimate of drug-likeness (QED) is 0.800. The van der Waals surface area contributed by atoms with Crippen LogP contribution in [0.25, 0.3) is 0 Å². The summed E-state index contributed by atoms with van der Waals surface area (Å²) in [5.41, 5.74) is 0. The molecular weight excluding hydrogens is 270 g/mol. The summed E-state index contributed by atoms with van der Waals surface area (Å²) in [6, 6.07) is 1.52. The average Bonchev–Trinajstić information content (AvgIpc) is 2.39. The van der Waals surface area contributed by atoms with Crippen LogP contribution in [0.2, 0.25) is 0 Å². The second kappa shape index (κ2) is 6.75. The van der Waals surface area contributed by atoms with Crippen molar-refractivity contribution in [2.75, 3.05) is 37.7 Å². The van der Waals surface area contributed by atoms with Gasteiger partial charge in [-0.1, -0.05) is 0 Å². The lowest BCUT2D eigenvalue weighted by Crippen LogP contribution is -2.44. The van der Waals surface area contributed by atoms with Gasteiger partial charge in [0.25, 0.3) is 0 Å². The third-order valence-electron chi connectivity index (χ3n) is 4.70. The average molecular weight is 302 g/mol. The lowest BCUT2D eigenvalue weighted by atomic mass is 10.1. The summed E-state index contributed by atoms with van der Waals surface area (Å²) in [7, 11) is -1.93. The fraction of sp³-hybridized carbons (Fsp3) is 1.00. The Morgan fingerprint density at radius 1 is 0.900 bits per heavy atom. The van der Waals surface area contributed by atoms with Gasteiger partial charge >= 0.3 is 0 Å². The molecule has 0 aromatic carbocycles. The molecule has 0 atom stereocenters. The predicted octanol–water partition coefficient (Wildman–Crippen LogP) is 2.05. The van der Waals surface area contributed by atoms with Crippen LogP contribution in [0.4, 0.5) is 0 Å². The van der Waals surface area contributed by atoms with Gasteiger partial charge in [-0.15, -0.1) is 0 Å². The van der Waals surface area contributed by atoms with Crippen LogP contribution in [-0.4, -0.2) is 69.8 Å². The normalized spacial score (nSPS) is 26.3. The van der Waals surface area contributed by atoms with Gasteiger partial charge in [0.1, 0.15) is 0 Å². The minimum Gasteiger partial charge on any atom is -0.301 e. The van der Waals surface area contributed by atoms with Gasteiger partial charge in [-0.25, -0.2) is 8.57 Å². The highest BCUT2D eigenvalue weighted by Crippen LogP contribution is 2.19. The zero-order chi connectivity index (χ0) is 14.8. The number of nitrogens with zero attached hydrogens (tertiary/aromatic N) is 3. The van der Waals surface area contributed by atoms with Gasteiger partial charge in [0.05, 0.1) is 6.04 Å². The summed E-state index contributed by atoms with van der Waals surface area (Å²) in [5.74, 6) is 1.55. The van der Waals surface area contributed by atoms with Gasteiger partial charge in [-0.3, -0.25) is 4.90 Å². The number of likely N-dealkylation sites (tertiary alicyclic amines) is 1. The summed E-state index contributed by atoms with van der Waals surface area (Å²) >= 11 is 0. The fourth-order valence-electron chi connectivity index (χ4n) is 3.13. The van der Waals surface area contributed by atoms with Crippen molar-refractivity contribution in [1.82, 2.24) is 9.80 Å². The number of hydrogen-bond donors (Lipinski definition) is 0. The number of rotatable bonds is 3. The minimum atomic E-state index is -1.93. The van der Waals surface area contributed by atoms with Crippen LogP contribution in [-0.2, 0) is 9.73 Å². The first-order valence-electron chi connectivity index (χ1n) is 8.09. The lowest BCUT2D eigenvalue weighted by molar-refractivity contribution is 0.173. The van der Waals surface area contributed by atoms with Crippen LogP contribution >= 0.6 is 0 Å². The van der Waals surface area contributed by atoms with Crippen LogP contribution in [0.1, 0.15) is 40.5 Å². The molecule has 20 heavy (non-hydrogen) atoms. The van der Waals surface area contributed by atoms with E-state index in [9.17, 15) is 4.21 Å². The third-order valence-corrected chi connectivity index (χ3v) is 7.02. The second-order valence-corrected chi connectivity index (χ2v) is 9.35. The molecule has 0 amide bonds. The van der Waals surface area contributed by atoms with Crippen molar-refractivity contribution in [3.8, 4) is 0 Å². The first kappa shape index (κ1) is 16.2. The van der Waals surface area contributed by atoms with Crippen LogP contribution in [0.15, 0.2) is 4.36 Å². The van der Waals surface area contributed by atoms with E-state index in [1.807, 2.05) is 0 Å². The largest absolute Gasteiger partial charge is 0.301 e. The predicted molar refractivity (Wildman–Crippen MR) is 86.7 cm³/mol. The first-order chi connectivity index (χ1) is 9.39. The molecule has 2 aliphatic heterocycles. The van der Waals surface area contributed by atoms with Crippen molar-refractivity contribution in [2.24, 2.45) is 4.36 Å². The molecule has 0 spiro atoms. The summed E-state index contributed by atoms with van der Waals surface area (Å²) in [5, 5.41) is 0. The highest BCUT2D eigenvalue weighted by Gasteiger charge is 2.25. The molecule has 0 N–H and O–H groups in total. The van der Waals surface area contributed by atoms with Crippen LogP contribution < -0.4 is 0 Å². The van der Waals surface area contributed by atoms with Gasteiger partial charge in [0, 0.05) is 59.5 Å². The molecule has 2 aliphatic rings. The molecular formula is C15H31N3OS.